The standard InChI is InChI=1S/C18H23ClN4O3/c1-13-9-15(26-21-13)11-22-5-7-23(8-6-22)12-18(24)20-16-10-14(19)3-4-17(16)25-2/h3-4,9-10H,5-8,11-12H2,1-2H3,(H,20,24). The molecule has 8 heteroatoms. The molecule has 26 heavy (non-hydrogen) atoms. The second-order valence-electron chi connectivity index (χ2n) is 6.38. The zero-order chi connectivity index (χ0) is 18.5. The van der Waals surface area contributed by atoms with Gasteiger partial charge in [0.1, 0.15) is 5.75 Å². The predicted octanol–water partition coefficient (Wildman–Crippen LogP) is 2.40. The minimum absolute atomic E-state index is 0.0788. The molecule has 1 aliphatic rings. The SMILES string of the molecule is COc1ccc(Cl)cc1NC(=O)CN1CCN(Cc2cc(C)no2)CC1. The molecule has 1 saturated heterocycles. The highest BCUT2D eigenvalue weighted by molar-refractivity contribution is 6.31. The Morgan fingerprint density at radius 2 is 2.00 bits per heavy atom. The number of aromatic nitrogens is 1. The molecule has 0 unspecified atom stereocenters. The molecule has 3 rings (SSSR count). The van der Waals surface area contributed by atoms with Gasteiger partial charge in [-0.1, -0.05) is 16.8 Å². The fourth-order valence-corrected chi connectivity index (χ4v) is 3.16. The number of benzene rings is 1. The number of halogens is 1. The lowest BCUT2D eigenvalue weighted by atomic mass is 10.2. The fourth-order valence-electron chi connectivity index (χ4n) is 2.99. The van der Waals surface area contributed by atoms with Gasteiger partial charge in [0, 0.05) is 37.3 Å². The molecule has 0 saturated carbocycles. The smallest absolute Gasteiger partial charge is 0.238 e. The normalized spacial score (nSPS) is 15.8. The number of carbonyl (C=O) groups is 1. The van der Waals surface area contributed by atoms with Gasteiger partial charge in [-0.25, -0.2) is 0 Å². The molecule has 2 heterocycles. The van der Waals surface area contributed by atoms with Crippen molar-refractivity contribution in [3.8, 4) is 5.75 Å². The van der Waals surface area contributed by atoms with E-state index in [9.17, 15) is 4.79 Å². The van der Waals surface area contributed by atoms with Crippen molar-refractivity contribution in [3.05, 3.63) is 40.7 Å². The summed E-state index contributed by atoms with van der Waals surface area (Å²) in [4.78, 5) is 16.8. The zero-order valence-electron chi connectivity index (χ0n) is 15.0. The van der Waals surface area contributed by atoms with Gasteiger partial charge in [-0.05, 0) is 25.1 Å². The van der Waals surface area contributed by atoms with Crippen LogP contribution in [0.5, 0.6) is 5.75 Å². The molecule has 0 atom stereocenters. The Morgan fingerprint density at radius 3 is 2.65 bits per heavy atom. The van der Waals surface area contributed by atoms with E-state index in [0.29, 0.717) is 23.0 Å². The first-order chi connectivity index (χ1) is 12.5. The number of nitrogens with zero attached hydrogens (tertiary/aromatic N) is 3. The molecule has 1 aromatic heterocycles. The molecule has 0 bridgehead atoms. The van der Waals surface area contributed by atoms with Crippen LogP contribution >= 0.6 is 11.6 Å². The lowest BCUT2D eigenvalue weighted by Crippen LogP contribution is -2.48. The van der Waals surface area contributed by atoms with Crippen LogP contribution in [0.25, 0.3) is 0 Å². The first kappa shape index (κ1) is 18.7. The van der Waals surface area contributed by atoms with Crippen LogP contribution in [0.15, 0.2) is 28.8 Å². The van der Waals surface area contributed by atoms with Crippen molar-refractivity contribution >= 4 is 23.2 Å². The van der Waals surface area contributed by atoms with E-state index in [1.165, 1.54) is 0 Å². The average Bonchev–Trinajstić information content (AvgIpc) is 3.02. The number of aryl methyl sites for hydroxylation is 1. The molecule has 1 aromatic carbocycles. The highest BCUT2D eigenvalue weighted by Gasteiger charge is 2.20. The third kappa shape index (κ3) is 4.97. The summed E-state index contributed by atoms with van der Waals surface area (Å²) in [6, 6.07) is 7.11. The molecule has 140 valence electrons. The van der Waals surface area contributed by atoms with E-state index < -0.39 is 0 Å². The molecule has 7 nitrogen and oxygen atoms in total. The number of piperazine rings is 1. The van der Waals surface area contributed by atoms with Crippen LogP contribution in [0.1, 0.15) is 11.5 Å². The van der Waals surface area contributed by atoms with Gasteiger partial charge in [0.15, 0.2) is 5.76 Å². The summed E-state index contributed by atoms with van der Waals surface area (Å²) in [6.45, 7) is 6.42. The fraction of sp³-hybridized carbons (Fsp3) is 0.444. The van der Waals surface area contributed by atoms with Crippen molar-refractivity contribution in [1.82, 2.24) is 15.0 Å². The lowest BCUT2D eigenvalue weighted by Gasteiger charge is -2.33. The summed E-state index contributed by atoms with van der Waals surface area (Å²) in [5.74, 6) is 1.39. The first-order valence-corrected chi connectivity index (χ1v) is 8.91. The maximum Gasteiger partial charge on any atom is 0.238 e. The third-order valence-electron chi connectivity index (χ3n) is 4.32. The second-order valence-corrected chi connectivity index (χ2v) is 6.82. The van der Waals surface area contributed by atoms with Gasteiger partial charge in [-0.15, -0.1) is 0 Å². The molecule has 1 N–H and O–H groups in total. The molecule has 0 aliphatic carbocycles. The Hall–Kier alpha value is -2.09. The maximum absolute atomic E-state index is 12.3. The van der Waals surface area contributed by atoms with Crippen LogP contribution < -0.4 is 10.1 Å². The van der Waals surface area contributed by atoms with Crippen molar-refractivity contribution in [2.45, 2.75) is 13.5 Å². The van der Waals surface area contributed by atoms with Crippen molar-refractivity contribution in [2.75, 3.05) is 45.2 Å². The van der Waals surface area contributed by atoms with Gasteiger partial charge < -0.3 is 14.6 Å². The molecule has 0 spiro atoms. The van der Waals surface area contributed by atoms with Crippen molar-refractivity contribution in [3.63, 3.8) is 0 Å². The van der Waals surface area contributed by atoms with Crippen LogP contribution in [-0.4, -0.2) is 60.7 Å². The van der Waals surface area contributed by atoms with E-state index in [1.807, 2.05) is 13.0 Å². The van der Waals surface area contributed by atoms with Crippen LogP contribution in [0, 0.1) is 6.92 Å². The summed E-state index contributed by atoms with van der Waals surface area (Å²) < 4.78 is 10.5. The van der Waals surface area contributed by atoms with E-state index in [2.05, 4.69) is 20.3 Å². The van der Waals surface area contributed by atoms with Crippen LogP contribution in [0.2, 0.25) is 5.02 Å². The Morgan fingerprint density at radius 1 is 1.27 bits per heavy atom. The monoisotopic (exact) mass is 378 g/mol. The predicted molar refractivity (Wildman–Crippen MR) is 99.6 cm³/mol. The quantitative estimate of drug-likeness (QED) is 0.832. The average molecular weight is 379 g/mol. The van der Waals surface area contributed by atoms with Gasteiger partial charge in [0.05, 0.1) is 31.6 Å². The van der Waals surface area contributed by atoms with Crippen LogP contribution in [0.3, 0.4) is 0 Å². The van der Waals surface area contributed by atoms with Gasteiger partial charge in [0.2, 0.25) is 5.91 Å². The summed E-state index contributed by atoms with van der Waals surface area (Å²) in [5.41, 5.74) is 1.48. The Kier molecular flexibility index (Phi) is 6.13. The van der Waals surface area contributed by atoms with E-state index in [4.69, 9.17) is 20.9 Å². The highest BCUT2D eigenvalue weighted by Crippen LogP contribution is 2.27. The van der Waals surface area contributed by atoms with E-state index >= 15 is 0 Å². The summed E-state index contributed by atoms with van der Waals surface area (Å²) in [7, 11) is 1.56. The first-order valence-electron chi connectivity index (χ1n) is 8.54. The Balaban J connectivity index is 1.47. The number of amides is 1. The molecular weight excluding hydrogens is 356 g/mol. The Bertz CT molecular complexity index is 757. The number of rotatable bonds is 6. The third-order valence-corrected chi connectivity index (χ3v) is 4.56. The number of carbonyl (C=O) groups excluding carboxylic acids is 1. The molecule has 2 aromatic rings. The molecule has 1 fully saturated rings. The minimum Gasteiger partial charge on any atom is -0.495 e. The van der Waals surface area contributed by atoms with Crippen LogP contribution in [0.4, 0.5) is 5.69 Å². The number of methoxy groups -OCH3 is 1. The van der Waals surface area contributed by atoms with Crippen LogP contribution in [-0.2, 0) is 11.3 Å². The number of nitrogens with one attached hydrogen (secondary N) is 1. The largest absolute Gasteiger partial charge is 0.495 e. The lowest BCUT2D eigenvalue weighted by molar-refractivity contribution is -0.117. The van der Waals surface area contributed by atoms with Crippen molar-refractivity contribution in [1.29, 1.82) is 0 Å². The van der Waals surface area contributed by atoms with E-state index in [0.717, 1.165) is 44.2 Å². The number of ether oxygens (including phenoxy) is 1. The molecule has 1 aliphatic heterocycles. The summed E-state index contributed by atoms with van der Waals surface area (Å²) >= 11 is 6.00. The topological polar surface area (TPSA) is 70.8 Å². The van der Waals surface area contributed by atoms with Gasteiger partial charge in [-0.2, -0.15) is 0 Å². The number of anilines is 1. The summed E-state index contributed by atoms with van der Waals surface area (Å²) in [6.07, 6.45) is 0. The van der Waals surface area contributed by atoms with Gasteiger partial charge >= 0.3 is 0 Å². The van der Waals surface area contributed by atoms with E-state index in [-0.39, 0.29) is 5.91 Å². The maximum atomic E-state index is 12.3. The molecule has 0 radical (unpaired) electrons. The highest BCUT2D eigenvalue weighted by atomic mass is 35.5. The van der Waals surface area contributed by atoms with Crippen molar-refractivity contribution < 1.29 is 14.1 Å². The molecular formula is C18H23ClN4O3. The second kappa shape index (κ2) is 8.53. The summed E-state index contributed by atoms with van der Waals surface area (Å²) in [5, 5.41) is 7.34. The van der Waals surface area contributed by atoms with Gasteiger partial charge in [-0.3, -0.25) is 14.6 Å². The Labute approximate surface area is 157 Å². The minimum atomic E-state index is -0.0788. The van der Waals surface area contributed by atoms with Crippen molar-refractivity contribution in [2.24, 2.45) is 0 Å². The number of hydrogen-bond donors (Lipinski definition) is 1. The van der Waals surface area contributed by atoms with Gasteiger partial charge in [0.25, 0.3) is 0 Å². The molecule has 1 amide bonds. The zero-order valence-corrected chi connectivity index (χ0v) is 15.8. The van der Waals surface area contributed by atoms with E-state index in [1.54, 1.807) is 25.3 Å². The number of hydrogen-bond acceptors (Lipinski definition) is 6.